The highest BCUT2D eigenvalue weighted by Gasteiger charge is 2.15. The number of rotatable bonds is 6. The summed E-state index contributed by atoms with van der Waals surface area (Å²) >= 11 is 3.20. The molecule has 2 amide bonds. The zero-order valence-corrected chi connectivity index (χ0v) is 12.4. The average molecular weight is 330 g/mol. The van der Waals surface area contributed by atoms with Gasteiger partial charge in [0.05, 0.1) is 13.2 Å². The number of likely N-dealkylation sites (N-methyl/N-ethyl adjacent to an activating group) is 1. The van der Waals surface area contributed by atoms with Crippen molar-refractivity contribution >= 4 is 27.7 Å². The first kappa shape index (κ1) is 15.6. The van der Waals surface area contributed by atoms with Gasteiger partial charge in [-0.3, -0.25) is 9.59 Å². The van der Waals surface area contributed by atoms with Crippen LogP contribution in [0.5, 0.6) is 0 Å². The van der Waals surface area contributed by atoms with Crippen LogP contribution in [-0.4, -0.2) is 55.6 Å². The van der Waals surface area contributed by atoms with E-state index in [1.54, 1.807) is 26.3 Å². The summed E-state index contributed by atoms with van der Waals surface area (Å²) in [6.07, 6.45) is 1.53. The predicted octanol–water partition coefficient (Wildman–Crippen LogP) is 0.679. The lowest BCUT2D eigenvalue weighted by Crippen LogP contribution is -2.39. The Hall–Kier alpha value is -1.47. The van der Waals surface area contributed by atoms with Crippen molar-refractivity contribution in [2.24, 2.45) is 0 Å². The fourth-order valence-electron chi connectivity index (χ4n) is 1.39. The summed E-state index contributed by atoms with van der Waals surface area (Å²) in [5.74, 6) is -0.453. The van der Waals surface area contributed by atoms with Gasteiger partial charge in [-0.15, -0.1) is 0 Å². The minimum absolute atomic E-state index is 0.00247. The largest absolute Gasteiger partial charge is 0.383 e. The van der Waals surface area contributed by atoms with Crippen molar-refractivity contribution in [3.8, 4) is 0 Å². The Morgan fingerprint density at radius 3 is 2.89 bits per heavy atom. The Bertz CT molecular complexity index is 454. The van der Waals surface area contributed by atoms with E-state index in [-0.39, 0.29) is 18.4 Å². The lowest BCUT2D eigenvalue weighted by molar-refractivity contribution is -0.121. The third kappa shape index (κ3) is 5.35. The Labute approximate surface area is 120 Å². The van der Waals surface area contributed by atoms with Crippen molar-refractivity contribution in [2.45, 2.75) is 0 Å². The second-order valence-electron chi connectivity index (χ2n) is 3.87. The van der Waals surface area contributed by atoms with E-state index in [0.29, 0.717) is 23.3 Å². The topological polar surface area (TPSA) is 71.5 Å². The van der Waals surface area contributed by atoms with Crippen LogP contribution < -0.4 is 5.32 Å². The summed E-state index contributed by atoms with van der Waals surface area (Å²) in [5, 5.41) is 2.65. The number of hydrogen-bond acceptors (Lipinski definition) is 4. The van der Waals surface area contributed by atoms with Crippen molar-refractivity contribution in [3.63, 3.8) is 0 Å². The highest BCUT2D eigenvalue weighted by molar-refractivity contribution is 9.10. The average Bonchev–Trinajstić information content (AvgIpc) is 2.38. The molecule has 1 aromatic heterocycles. The summed E-state index contributed by atoms with van der Waals surface area (Å²) in [5.41, 5.74) is 0.481. The van der Waals surface area contributed by atoms with Crippen LogP contribution in [0.4, 0.5) is 0 Å². The van der Waals surface area contributed by atoms with Gasteiger partial charge in [0.15, 0.2) is 0 Å². The molecule has 0 unspecified atom stereocenters. The normalized spacial score (nSPS) is 10.1. The van der Waals surface area contributed by atoms with Gasteiger partial charge in [-0.2, -0.15) is 0 Å². The lowest BCUT2D eigenvalue weighted by atomic mass is 10.2. The van der Waals surface area contributed by atoms with Crippen molar-refractivity contribution in [3.05, 3.63) is 28.5 Å². The number of aromatic nitrogens is 1. The fourth-order valence-corrected chi connectivity index (χ4v) is 1.76. The van der Waals surface area contributed by atoms with Gasteiger partial charge < -0.3 is 15.0 Å². The van der Waals surface area contributed by atoms with Crippen LogP contribution in [-0.2, 0) is 9.53 Å². The number of methoxy groups -OCH3 is 1. The van der Waals surface area contributed by atoms with E-state index >= 15 is 0 Å². The van der Waals surface area contributed by atoms with Gasteiger partial charge in [0.1, 0.15) is 4.60 Å². The van der Waals surface area contributed by atoms with Crippen LogP contribution in [0.2, 0.25) is 0 Å². The van der Waals surface area contributed by atoms with E-state index in [1.807, 2.05) is 0 Å². The molecule has 0 fully saturated rings. The summed E-state index contributed by atoms with van der Waals surface area (Å²) in [4.78, 5) is 28.9. The third-order valence-electron chi connectivity index (χ3n) is 2.33. The quantitative estimate of drug-likeness (QED) is 0.615. The lowest BCUT2D eigenvalue weighted by Gasteiger charge is -2.16. The number of pyridine rings is 1. The van der Waals surface area contributed by atoms with E-state index in [4.69, 9.17) is 4.74 Å². The molecule has 1 aromatic rings. The van der Waals surface area contributed by atoms with E-state index in [1.165, 1.54) is 11.1 Å². The molecular formula is C12H16BrN3O3. The number of carbonyl (C=O) groups is 2. The highest BCUT2D eigenvalue weighted by atomic mass is 79.9. The maximum atomic E-state index is 12.0. The molecule has 0 saturated carbocycles. The minimum Gasteiger partial charge on any atom is -0.383 e. The van der Waals surface area contributed by atoms with Crippen LogP contribution in [0.25, 0.3) is 0 Å². The molecule has 1 heterocycles. The number of amides is 2. The van der Waals surface area contributed by atoms with Crippen LogP contribution >= 0.6 is 15.9 Å². The molecule has 0 spiro atoms. The van der Waals surface area contributed by atoms with E-state index in [9.17, 15) is 9.59 Å². The molecule has 7 heteroatoms. The Kier molecular flexibility index (Phi) is 6.44. The van der Waals surface area contributed by atoms with Gasteiger partial charge >= 0.3 is 0 Å². The Balaban J connectivity index is 2.51. The van der Waals surface area contributed by atoms with Crippen LogP contribution in [0.3, 0.4) is 0 Å². The molecule has 1 N–H and O–H groups in total. The second-order valence-corrected chi connectivity index (χ2v) is 4.68. The zero-order valence-electron chi connectivity index (χ0n) is 10.9. The smallest absolute Gasteiger partial charge is 0.254 e. The molecule has 0 bridgehead atoms. The number of carbonyl (C=O) groups excluding carboxylic acids is 2. The van der Waals surface area contributed by atoms with E-state index < -0.39 is 0 Å². The maximum absolute atomic E-state index is 12.0. The van der Waals surface area contributed by atoms with Crippen LogP contribution in [0.1, 0.15) is 10.4 Å². The molecule has 0 atom stereocenters. The van der Waals surface area contributed by atoms with Gasteiger partial charge in [-0.05, 0) is 28.1 Å². The van der Waals surface area contributed by atoms with Gasteiger partial charge in [0, 0.05) is 32.5 Å². The van der Waals surface area contributed by atoms with Crippen LogP contribution in [0.15, 0.2) is 22.9 Å². The highest BCUT2D eigenvalue weighted by Crippen LogP contribution is 2.09. The zero-order chi connectivity index (χ0) is 14.3. The molecule has 19 heavy (non-hydrogen) atoms. The van der Waals surface area contributed by atoms with E-state index in [2.05, 4.69) is 26.2 Å². The molecule has 0 aliphatic rings. The van der Waals surface area contributed by atoms with Crippen molar-refractivity contribution in [1.82, 2.24) is 15.2 Å². The number of nitrogens with zero attached hydrogens (tertiary/aromatic N) is 2. The third-order valence-corrected chi connectivity index (χ3v) is 2.76. The predicted molar refractivity (Wildman–Crippen MR) is 73.8 cm³/mol. The summed E-state index contributed by atoms with van der Waals surface area (Å²) in [6, 6.07) is 3.22. The molecule has 6 nitrogen and oxygen atoms in total. The first-order valence-corrected chi connectivity index (χ1v) is 6.46. The molecule has 0 saturated heterocycles. The number of nitrogens with one attached hydrogen (secondary N) is 1. The Morgan fingerprint density at radius 1 is 1.53 bits per heavy atom. The number of hydrogen-bond donors (Lipinski definition) is 1. The van der Waals surface area contributed by atoms with E-state index in [0.717, 1.165) is 0 Å². The van der Waals surface area contributed by atoms with Gasteiger partial charge in [0.2, 0.25) is 5.91 Å². The standard InChI is InChI=1S/C12H16BrN3O3/c1-16(8-11(17)15-5-6-19-2)12(18)9-3-4-14-10(13)7-9/h3-4,7H,5-6,8H2,1-2H3,(H,15,17). The Morgan fingerprint density at radius 2 is 2.26 bits per heavy atom. The number of halogens is 1. The summed E-state index contributed by atoms with van der Waals surface area (Å²) < 4.78 is 5.40. The first-order valence-electron chi connectivity index (χ1n) is 5.67. The molecule has 0 aliphatic carbocycles. The fraction of sp³-hybridized carbons (Fsp3) is 0.417. The first-order chi connectivity index (χ1) is 9.04. The minimum atomic E-state index is -0.231. The monoisotopic (exact) mass is 329 g/mol. The van der Waals surface area contributed by atoms with Crippen LogP contribution in [0, 0.1) is 0 Å². The van der Waals surface area contributed by atoms with Crippen molar-refractivity contribution in [2.75, 3.05) is 33.9 Å². The van der Waals surface area contributed by atoms with Gasteiger partial charge in [-0.25, -0.2) is 4.98 Å². The SMILES string of the molecule is COCCNC(=O)CN(C)C(=O)c1ccnc(Br)c1. The molecule has 104 valence electrons. The molecule has 0 radical (unpaired) electrons. The summed E-state index contributed by atoms with van der Waals surface area (Å²) in [7, 11) is 3.13. The van der Waals surface area contributed by atoms with Crippen molar-refractivity contribution in [1.29, 1.82) is 0 Å². The molecular weight excluding hydrogens is 314 g/mol. The number of ether oxygens (including phenoxy) is 1. The second kappa shape index (κ2) is 7.85. The molecule has 1 rings (SSSR count). The molecule has 0 aliphatic heterocycles. The molecule has 0 aromatic carbocycles. The maximum Gasteiger partial charge on any atom is 0.254 e. The summed E-state index contributed by atoms with van der Waals surface area (Å²) in [6.45, 7) is 0.876. The van der Waals surface area contributed by atoms with Gasteiger partial charge in [-0.1, -0.05) is 0 Å². The van der Waals surface area contributed by atoms with Gasteiger partial charge in [0.25, 0.3) is 5.91 Å². The van der Waals surface area contributed by atoms with Crippen molar-refractivity contribution < 1.29 is 14.3 Å².